The van der Waals surface area contributed by atoms with Crippen molar-refractivity contribution in [3.8, 4) is 0 Å². The molecule has 0 atom stereocenters. The molecule has 0 aromatic carbocycles. The molecule has 1 rings (SSSR count). The quantitative estimate of drug-likeness (QED) is 0.760. The molecule has 0 bridgehead atoms. The number of carbonyl (C=O) groups excluding carboxylic acids is 1. The van der Waals surface area contributed by atoms with E-state index in [1.54, 1.807) is 0 Å². The van der Waals surface area contributed by atoms with Gasteiger partial charge in [-0.3, -0.25) is 4.79 Å². The van der Waals surface area contributed by atoms with Gasteiger partial charge in [0.25, 0.3) is 0 Å². The summed E-state index contributed by atoms with van der Waals surface area (Å²) in [6.07, 6.45) is 2.25. The van der Waals surface area contributed by atoms with E-state index in [-0.39, 0.29) is 11.3 Å². The van der Waals surface area contributed by atoms with Crippen LogP contribution in [0.25, 0.3) is 0 Å². The summed E-state index contributed by atoms with van der Waals surface area (Å²) in [5, 5.41) is 9.80. The van der Waals surface area contributed by atoms with Gasteiger partial charge >= 0.3 is 0 Å². The lowest BCUT2D eigenvalue weighted by molar-refractivity contribution is -0.144. The van der Waals surface area contributed by atoms with Crippen LogP contribution in [0, 0.1) is 5.41 Å². The molecule has 15 heavy (non-hydrogen) atoms. The van der Waals surface area contributed by atoms with E-state index in [4.69, 9.17) is 0 Å². The maximum absolute atomic E-state index is 12.1. The first-order valence-electron chi connectivity index (χ1n) is 5.80. The summed E-state index contributed by atoms with van der Waals surface area (Å²) in [6.45, 7) is 9.24. The summed E-state index contributed by atoms with van der Waals surface area (Å²) < 4.78 is 0. The van der Waals surface area contributed by atoms with E-state index in [0.717, 1.165) is 6.42 Å². The smallest absolute Gasteiger partial charge is 0.228 e. The lowest BCUT2D eigenvalue weighted by Gasteiger charge is -2.39. The Hall–Kier alpha value is -0.570. The molecule has 0 aromatic rings. The largest absolute Gasteiger partial charge is 0.390 e. The second-order valence-electron chi connectivity index (χ2n) is 5.53. The fraction of sp³-hybridized carbons (Fsp3) is 0.917. The fourth-order valence-electron chi connectivity index (χ4n) is 1.77. The predicted molar refractivity (Wildman–Crippen MR) is 60.5 cm³/mol. The van der Waals surface area contributed by atoms with E-state index in [9.17, 15) is 9.90 Å². The average Bonchev–Trinajstić information content (AvgIpc) is 2.17. The Kier molecular flexibility index (Phi) is 3.44. The minimum absolute atomic E-state index is 0.223. The van der Waals surface area contributed by atoms with Gasteiger partial charge in [0, 0.05) is 18.5 Å². The van der Waals surface area contributed by atoms with Gasteiger partial charge in [0.2, 0.25) is 5.91 Å². The van der Waals surface area contributed by atoms with Gasteiger partial charge in [-0.25, -0.2) is 0 Å². The monoisotopic (exact) mass is 213 g/mol. The number of piperidine rings is 1. The van der Waals surface area contributed by atoms with Gasteiger partial charge in [0.1, 0.15) is 0 Å². The van der Waals surface area contributed by atoms with Crippen LogP contribution < -0.4 is 0 Å². The molecule has 1 fully saturated rings. The normalized spacial score (nSPS) is 21.5. The first-order chi connectivity index (χ1) is 6.78. The van der Waals surface area contributed by atoms with Crippen molar-refractivity contribution in [2.45, 2.75) is 52.6 Å². The Morgan fingerprint density at radius 1 is 1.40 bits per heavy atom. The average molecular weight is 213 g/mol. The Morgan fingerprint density at radius 2 is 1.87 bits per heavy atom. The number of likely N-dealkylation sites (tertiary alicyclic amines) is 1. The predicted octanol–water partition coefficient (Wildman–Crippen LogP) is 1.80. The minimum Gasteiger partial charge on any atom is -0.390 e. The molecule has 0 radical (unpaired) electrons. The maximum atomic E-state index is 12.1. The van der Waals surface area contributed by atoms with Crippen LogP contribution in [-0.2, 0) is 4.79 Å². The summed E-state index contributed by atoms with van der Waals surface area (Å²) >= 11 is 0. The molecular formula is C12H23NO2. The first-order valence-corrected chi connectivity index (χ1v) is 5.80. The molecule has 88 valence electrons. The Bertz CT molecular complexity index is 236. The highest BCUT2D eigenvalue weighted by atomic mass is 16.3. The number of hydrogen-bond donors (Lipinski definition) is 1. The SMILES string of the molecule is CCC(C)(C)C(=O)N1CCC(C)(O)CC1. The van der Waals surface area contributed by atoms with Crippen molar-refractivity contribution in [3.05, 3.63) is 0 Å². The summed E-state index contributed by atoms with van der Waals surface area (Å²) in [5.41, 5.74) is -0.837. The van der Waals surface area contributed by atoms with E-state index in [1.165, 1.54) is 0 Å². The topological polar surface area (TPSA) is 40.5 Å². The van der Waals surface area contributed by atoms with Crippen LogP contribution in [0.1, 0.15) is 47.0 Å². The van der Waals surface area contributed by atoms with Crippen LogP contribution in [0.4, 0.5) is 0 Å². The molecule has 0 aliphatic carbocycles. The molecule has 0 saturated carbocycles. The van der Waals surface area contributed by atoms with Crippen LogP contribution in [-0.4, -0.2) is 34.6 Å². The van der Waals surface area contributed by atoms with Crippen molar-refractivity contribution < 1.29 is 9.90 Å². The highest BCUT2D eigenvalue weighted by molar-refractivity contribution is 5.82. The summed E-state index contributed by atoms with van der Waals surface area (Å²) in [4.78, 5) is 14.0. The summed E-state index contributed by atoms with van der Waals surface area (Å²) in [5.74, 6) is 0.223. The second kappa shape index (κ2) is 4.12. The lowest BCUT2D eigenvalue weighted by Crippen LogP contribution is -2.49. The van der Waals surface area contributed by atoms with Crippen molar-refractivity contribution in [2.24, 2.45) is 5.41 Å². The molecular weight excluding hydrogens is 190 g/mol. The van der Waals surface area contributed by atoms with Crippen molar-refractivity contribution in [3.63, 3.8) is 0 Å². The van der Waals surface area contributed by atoms with Crippen molar-refractivity contribution in [1.29, 1.82) is 0 Å². The number of nitrogens with zero attached hydrogens (tertiary/aromatic N) is 1. The molecule has 1 amide bonds. The van der Waals surface area contributed by atoms with Crippen LogP contribution in [0.5, 0.6) is 0 Å². The second-order valence-corrected chi connectivity index (χ2v) is 5.53. The van der Waals surface area contributed by atoms with E-state index >= 15 is 0 Å². The zero-order chi connectivity index (χ0) is 11.7. The highest BCUT2D eigenvalue weighted by Crippen LogP contribution is 2.27. The van der Waals surface area contributed by atoms with Gasteiger partial charge in [-0.15, -0.1) is 0 Å². The molecule has 1 aliphatic heterocycles. The Labute approximate surface area is 92.5 Å². The van der Waals surface area contributed by atoms with E-state index in [2.05, 4.69) is 0 Å². The summed E-state index contributed by atoms with van der Waals surface area (Å²) in [6, 6.07) is 0. The third-order valence-electron chi connectivity index (χ3n) is 3.59. The van der Waals surface area contributed by atoms with Gasteiger partial charge < -0.3 is 10.0 Å². The molecule has 1 heterocycles. The van der Waals surface area contributed by atoms with Gasteiger partial charge in [0.15, 0.2) is 0 Å². The number of carbonyl (C=O) groups is 1. The maximum Gasteiger partial charge on any atom is 0.228 e. The van der Waals surface area contributed by atoms with Crippen molar-refractivity contribution in [1.82, 2.24) is 4.90 Å². The molecule has 0 spiro atoms. The molecule has 3 heteroatoms. The molecule has 3 nitrogen and oxygen atoms in total. The number of rotatable bonds is 2. The molecule has 1 aliphatic rings. The minimum atomic E-state index is -0.576. The van der Waals surface area contributed by atoms with Gasteiger partial charge in [-0.1, -0.05) is 20.8 Å². The van der Waals surface area contributed by atoms with Crippen molar-refractivity contribution >= 4 is 5.91 Å². The van der Waals surface area contributed by atoms with Crippen LogP contribution in [0.15, 0.2) is 0 Å². The van der Waals surface area contributed by atoms with Gasteiger partial charge in [0.05, 0.1) is 5.60 Å². The van der Waals surface area contributed by atoms with Gasteiger partial charge in [-0.2, -0.15) is 0 Å². The third-order valence-corrected chi connectivity index (χ3v) is 3.59. The van der Waals surface area contributed by atoms with Crippen LogP contribution in [0.2, 0.25) is 0 Å². The van der Waals surface area contributed by atoms with Crippen molar-refractivity contribution in [2.75, 3.05) is 13.1 Å². The number of amides is 1. The highest BCUT2D eigenvalue weighted by Gasteiger charge is 2.35. The lowest BCUT2D eigenvalue weighted by atomic mass is 9.86. The van der Waals surface area contributed by atoms with Gasteiger partial charge in [-0.05, 0) is 26.2 Å². The number of aliphatic hydroxyl groups is 1. The number of hydrogen-bond acceptors (Lipinski definition) is 2. The Morgan fingerprint density at radius 3 is 2.27 bits per heavy atom. The van der Waals surface area contributed by atoms with Crippen LogP contribution in [0.3, 0.4) is 0 Å². The third kappa shape index (κ3) is 2.94. The first kappa shape index (κ1) is 12.5. The zero-order valence-electron chi connectivity index (χ0n) is 10.3. The Balaban J connectivity index is 2.58. The van der Waals surface area contributed by atoms with E-state index < -0.39 is 5.60 Å². The van der Waals surface area contributed by atoms with Crippen LogP contribution >= 0.6 is 0 Å². The molecule has 1 saturated heterocycles. The fourth-order valence-corrected chi connectivity index (χ4v) is 1.77. The molecule has 0 unspecified atom stereocenters. The molecule has 0 aromatic heterocycles. The summed E-state index contributed by atoms with van der Waals surface area (Å²) in [7, 11) is 0. The van der Waals surface area contributed by atoms with E-state index in [1.807, 2.05) is 32.6 Å². The standard InChI is InChI=1S/C12H23NO2/c1-5-11(2,3)10(14)13-8-6-12(4,15)7-9-13/h15H,5-9H2,1-4H3. The zero-order valence-corrected chi connectivity index (χ0v) is 10.3. The van der Waals surface area contributed by atoms with E-state index in [0.29, 0.717) is 25.9 Å². The molecule has 1 N–H and O–H groups in total.